The normalized spacial score (nSPS) is 27.3. The van der Waals surface area contributed by atoms with Crippen LogP contribution < -0.4 is 5.73 Å². The average molecular weight is 384 g/mol. The minimum absolute atomic E-state index is 0.0611. The summed E-state index contributed by atoms with van der Waals surface area (Å²) in [6, 6.07) is 14.1. The Morgan fingerprint density at radius 2 is 2.00 bits per heavy atom. The number of nitrogens with two attached hydrogens (primary N) is 1. The molecule has 0 radical (unpaired) electrons. The number of aliphatic hydroxyl groups is 1. The predicted octanol–water partition coefficient (Wildman–Crippen LogP) is 2.17. The molecule has 2 aliphatic heterocycles. The van der Waals surface area contributed by atoms with Crippen LogP contribution >= 0.6 is 0 Å². The van der Waals surface area contributed by atoms with Gasteiger partial charge in [0.2, 0.25) is 0 Å². The van der Waals surface area contributed by atoms with Gasteiger partial charge in [0.05, 0.1) is 12.6 Å². The van der Waals surface area contributed by atoms with Crippen LogP contribution in [0.15, 0.2) is 48.5 Å². The summed E-state index contributed by atoms with van der Waals surface area (Å²) in [6.45, 7) is 0.744. The lowest BCUT2D eigenvalue weighted by Gasteiger charge is -2.41. The lowest BCUT2D eigenvalue weighted by molar-refractivity contribution is -0.162. The van der Waals surface area contributed by atoms with Crippen LogP contribution in [0, 0.1) is 5.82 Å². The zero-order valence-corrected chi connectivity index (χ0v) is 15.7. The van der Waals surface area contributed by atoms with E-state index in [-0.39, 0.29) is 30.9 Å². The average Bonchev–Trinajstić information content (AvgIpc) is 2.74. The van der Waals surface area contributed by atoms with Gasteiger partial charge in [-0.25, -0.2) is 4.39 Å². The molecule has 28 heavy (non-hydrogen) atoms. The molecule has 2 heterocycles. The maximum Gasteiger partial charge on any atom is 0.252 e. The second-order valence-electron chi connectivity index (χ2n) is 7.70. The molecule has 2 aromatic carbocycles. The first-order valence-electron chi connectivity index (χ1n) is 9.68. The summed E-state index contributed by atoms with van der Waals surface area (Å²) in [6.07, 6.45) is 1.03. The van der Waals surface area contributed by atoms with Crippen molar-refractivity contribution >= 4 is 5.91 Å². The Morgan fingerprint density at radius 3 is 2.68 bits per heavy atom. The molecule has 5 nitrogen and oxygen atoms in total. The topological polar surface area (TPSA) is 75.8 Å². The number of halogens is 1. The van der Waals surface area contributed by atoms with Crippen LogP contribution in [-0.4, -0.2) is 47.3 Å². The number of ether oxygens (including phenoxy) is 1. The van der Waals surface area contributed by atoms with Crippen molar-refractivity contribution in [2.24, 2.45) is 5.73 Å². The Kier molecular flexibility index (Phi) is 5.19. The van der Waals surface area contributed by atoms with Crippen molar-refractivity contribution in [3.8, 4) is 0 Å². The highest BCUT2D eigenvalue weighted by Gasteiger charge is 2.40. The number of carbonyl (C=O) groups is 1. The Labute approximate surface area is 163 Å². The van der Waals surface area contributed by atoms with Crippen LogP contribution in [0.3, 0.4) is 0 Å². The summed E-state index contributed by atoms with van der Waals surface area (Å²) in [5, 5.41) is 10.3. The highest BCUT2D eigenvalue weighted by atomic mass is 19.1. The third-order valence-corrected chi connectivity index (χ3v) is 5.83. The Balaban J connectivity index is 1.64. The van der Waals surface area contributed by atoms with E-state index in [9.17, 15) is 14.3 Å². The molecule has 0 spiro atoms. The molecule has 0 bridgehead atoms. The quantitative estimate of drug-likeness (QED) is 0.851. The molecule has 1 amide bonds. The molecule has 3 N–H and O–H groups in total. The molecular formula is C22H25FN2O3. The molecule has 1 saturated heterocycles. The Bertz CT molecular complexity index is 847. The van der Waals surface area contributed by atoms with Gasteiger partial charge in [0.15, 0.2) is 0 Å². The van der Waals surface area contributed by atoms with E-state index in [1.165, 1.54) is 17.7 Å². The fourth-order valence-corrected chi connectivity index (χ4v) is 4.16. The first-order valence-corrected chi connectivity index (χ1v) is 9.68. The molecule has 0 unspecified atom stereocenters. The van der Waals surface area contributed by atoms with Gasteiger partial charge in [-0.3, -0.25) is 4.79 Å². The van der Waals surface area contributed by atoms with Crippen molar-refractivity contribution < 1.29 is 19.0 Å². The highest BCUT2D eigenvalue weighted by molar-refractivity contribution is 5.82. The van der Waals surface area contributed by atoms with Crippen LogP contribution in [0.5, 0.6) is 0 Å². The van der Waals surface area contributed by atoms with Gasteiger partial charge in [-0.05, 0) is 48.1 Å². The molecule has 2 aromatic rings. The Morgan fingerprint density at radius 1 is 1.25 bits per heavy atom. The number of hydrogen-bond donors (Lipinski definition) is 2. The summed E-state index contributed by atoms with van der Waals surface area (Å²) in [5.41, 5.74) is 7.68. The molecule has 148 valence electrons. The van der Waals surface area contributed by atoms with Gasteiger partial charge in [-0.15, -0.1) is 0 Å². The molecule has 3 atom stereocenters. The van der Waals surface area contributed by atoms with Crippen LogP contribution in [-0.2, 0) is 16.0 Å². The smallest absolute Gasteiger partial charge is 0.252 e. The number of nitrogens with zero attached hydrogens (tertiary/aromatic N) is 1. The molecule has 0 aliphatic carbocycles. The maximum atomic E-state index is 13.5. The molecule has 1 fully saturated rings. The van der Waals surface area contributed by atoms with Crippen molar-refractivity contribution in [3.63, 3.8) is 0 Å². The van der Waals surface area contributed by atoms with E-state index in [0.717, 1.165) is 17.5 Å². The van der Waals surface area contributed by atoms with Gasteiger partial charge in [0.1, 0.15) is 17.5 Å². The van der Waals surface area contributed by atoms with Crippen molar-refractivity contribution in [2.75, 3.05) is 19.7 Å². The van der Waals surface area contributed by atoms with Crippen molar-refractivity contribution in [1.29, 1.82) is 0 Å². The van der Waals surface area contributed by atoms with E-state index in [1.54, 1.807) is 12.1 Å². The predicted molar refractivity (Wildman–Crippen MR) is 103 cm³/mol. The first-order chi connectivity index (χ1) is 13.5. The molecular weight excluding hydrogens is 359 g/mol. The van der Waals surface area contributed by atoms with E-state index in [2.05, 4.69) is 6.07 Å². The van der Waals surface area contributed by atoms with Gasteiger partial charge in [-0.2, -0.15) is 0 Å². The lowest BCUT2D eigenvalue weighted by atomic mass is 9.87. The van der Waals surface area contributed by atoms with Crippen LogP contribution in [0.1, 0.15) is 35.6 Å². The minimum atomic E-state index is -1.05. The number of benzene rings is 2. The first kappa shape index (κ1) is 19.1. The van der Waals surface area contributed by atoms with Crippen LogP contribution in [0.25, 0.3) is 0 Å². The zero-order chi connectivity index (χ0) is 19.7. The van der Waals surface area contributed by atoms with Crippen molar-refractivity contribution in [3.05, 3.63) is 71.0 Å². The summed E-state index contributed by atoms with van der Waals surface area (Å²) in [4.78, 5) is 15.2. The maximum absolute atomic E-state index is 13.5. The van der Waals surface area contributed by atoms with Gasteiger partial charge in [-0.1, -0.05) is 36.4 Å². The van der Waals surface area contributed by atoms with E-state index >= 15 is 0 Å². The monoisotopic (exact) mass is 384 g/mol. The molecule has 0 saturated carbocycles. The summed E-state index contributed by atoms with van der Waals surface area (Å²) in [5.74, 6) is -0.398. The van der Waals surface area contributed by atoms with Gasteiger partial charge in [0.25, 0.3) is 5.91 Å². The summed E-state index contributed by atoms with van der Waals surface area (Å²) >= 11 is 0. The molecule has 6 heteroatoms. The highest BCUT2D eigenvalue weighted by Crippen LogP contribution is 2.36. The SMILES string of the molecule is NC[C@]1(O)CC[C@@H](C(=O)N2CCc3ccccc3[C@@H]2c2ccc(F)cc2)OC1. The second kappa shape index (κ2) is 7.62. The largest absolute Gasteiger partial charge is 0.386 e. The Hall–Kier alpha value is -2.28. The van der Waals surface area contributed by atoms with E-state index < -0.39 is 11.7 Å². The zero-order valence-electron chi connectivity index (χ0n) is 15.7. The number of amides is 1. The fourth-order valence-electron chi connectivity index (χ4n) is 4.16. The molecule has 0 aromatic heterocycles. The summed E-state index contributed by atoms with van der Waals surface area (Å²) < 4.78 is 19.2. The molecule has 2 aliphatic rings. The van der Waals surface area contributed by atoms with Crippen LogP contribution in [0.2, 0.25) is 0 Å². The fraction of sp³-hybridized carbons (Fsp3) is 0.409. The minimum Gasteiger partial charge on any atom is -0.386 e. The van der Waals surface area contributed by atoms with Crippen molar-refractivity contribution in [2.45, 2.75) is 37.0 Å². The molecule has 4 rings (SSSR count). The van der Waals surface area contributed by atoms with Crippen molar-refractivity contribution in [1.82, 2.24) is 4.90 Å². The van der Waals surface area contributed by atoms with E-state index in [4.69, 9.17) is 10.5 Å². The van der Waals surface area contributed by atoms with Gasteiger partial charge in [0, 0.05) is 13.1 Å². The van der Waals surface area contributed by atoms with Gasteiger partial charge >= 0.3 is 0 Å². The number of rotatable bonds is 3. The standard InChI is InChI=1S/C22H25FN2O3/c23-17-7-5-16(6-8-17)20-18-4-2-1-3-15(18)10-12-25(20)21(26)19-9-11-22(27,13-24)14-28-19/h1-8,19-20,27H,9-14,24H2/t19-,20-,22+/m0/s1. The number of carbonyl (C=O) groups excluding carboxylic acids is 1. The van der Waals surface area contributed by atoms with Crippen LogP contribution in [0.4, 0.5) is 4.39 Å². The van der Waals surface area contributed by atoms with Gasteiger partial charge < -0.3 is 20.5 Å². The third-order valence-electron chi connectivity index (χ3n) is 5.83. The van der Waals surface area contributed by atoms with E-state index in [0.29, 0.717) is 19.4 Å². The number of hydrogen-bond acceptors (Lipinski definition) is 4. The second-order valence-corrected chi connectivity index (χ2v) is 7.70. The summed E-state index contributed by atoms with van der Waals surface area (Å²) in [7, 11) is 0. The third kappa shape index (κ3) is 3.55. The van der Waals surface area contributed by atoms with E-state index in [1.807, 2.05) is 23.1 Å². The number of fused-ring (bicyclic) bond motifs is 1. The lowest BCUT2D eigenvalue weighted by Crippen LogP contribution is -2.53.